The third-order valence-corrected chi connectivity index (χ3v) is 5.47. The molecule has 0 atom stereocenters. The number of piperidine rings is 1. The number of amides is 1. The van der Waals surface area contributed by atoms with Crippen LogP contribution in [0.15, 0.2) is 48.5 Å². The first kappa shape index (κ1) is 17.8. The van der Waals surface area contributed by atoms with E-state index in [0.29, 0.717) is 5.92 Å². The van der Waals surface area contributed by atoms with Gasteiger partial charge in [-0.05, 0) is 72.2 Å². The molecule has 2 heterocycles. The van der Waals surface area contributed by atoms with Crippen molar-refractivity contribution in [2.45, 2.75) is 25.7 Å². The lowest BCUT2D eigenvalue weighted by Crippen LogP contribution is -2.37. The first-order valence-corrected chi connectivity index (χ1v) is 9.64. The van der Waals surface area contributed by atoms with Gasteiger partial charge in [0, 0.05) is 25.6 Å². The summed E-state index contributed by atoms with van der Waals surface area (Å²) in [6.45, 7) is 2.27. The summed E-state index contributed by atoms with van der Waals surface area (Å²) in [6.07, 6.45) is 7.30. The van der Waals surface area contributed by atoms with Gasteiger partial charge in [-0.2, -0.15) is 0 Å². The molecule has 0 unspecified atom stereocenters. The molecule has 0 aromatic heterocycles. The van der Waals surface area contributed by atoms with E-state index in [-0.39, 0.29) is 11.7 Å². The van der Waals surface area contributed by atoms with Crippen LogP contribution >= 0.6 is 0 Å². The highest BCUT2D eigenvalue weighted by Crippen LogP contribution is 2.26. The predicted molar refractivity (Wildman–Crippen MR) is 104 cm³/mol. The number of rotatable bonds is 4. The molecule has 27 heavy (non-hydrogen) atoms. The molecule has 2 aliphatic heterocycles. The summed E-state index contributed by atoms with van der Waals surface area (Å²) in [5.74, 6) is 1.36. The number of hydrogen-bond donors (Lipinski definition) is 0. The summed E-state index contributed by atoms with van der Waals surface area (Å²) in [6, 6.07) is 12.9. The zero-order chi connectivity index (χ0) is 18.6. The summed E-state index contributed by atoms with van der Waals surface area (Å²) in [5.41, 5.74) is 3.29. The average molecular weight is 365 g/mol. The molecule has 4 heteroatoms. The van der Waals surface area contributed by atoms with E-state index in [1.807, 2.05) is 29.2 Å². The van der Waals surface area contributed by atoms with E-state index in [9.17, 15) is 9.18 Å². The first-order valence-electron chi connectivity index (χ1n) is 9.64. The van der Waals surface area contributed by atoms with Crippen LogP contribution in [0, 0.1) is 11.7 Å². The quantitative estimate of drug-likeness (QED) is 0.758. The number of nitrogens with zero attached hydrogens (tertiary/aromatic N) is 1. The summed E-state index contributed by atoms with van der Waals surface area (Å²) in [5, 5.41) is 0. The van der Waals surface area contributed by atoms with Crippen LogP contribution in [0.25, 0.3) is 6.08 Å². The second-order valence-corrected chi connectivity index (χ2v) is 7.40. The Morgan fingerprint density at radius 3 is 2.85 bits per heavy atom. The fraction of sp³-hybridized carbons (Fsp3) is 0.348. The minimum atomic E-state index is -0.177. The summed E-state index contributed by atoms with van der Waals surface area (Å²) >= 11 is 0. The molecule has 140 valence electrons. The Morgan fingerprint density at radius 2 is 2.04 bits per heavy atom. The Hall–Kier alpha value is -2.62. The SMILES string of the molecule is O=C(/C=C/c1ccc2c(c1)CCO2)N1CCC(Cc2cccc(F)c2)CC1. The standard InChI is InChI=1S/C23H24FNO2/c24-21-3-1-2-19(16-21)14-18-8-11-25(12-9-18)23(26)7-5-17-4-6-22-20(15-17)10-13-27-22/h1-7,15-16,18H,8-14H2/b7-5+. The fourth-order valence-corrected chi connectivity index (χ4v) is 3.94. The molecule has 3 nitrogen and oxygen atoms in total. The molecule has 0 spiro atoms. The number of halogens is 1. The predicted octanol–water partition coefficient (Wildman–Crippen LogP) is 4.26. The third-order valence-electron chi connectivity index (χ3n) is 5.47. The number of fused-ring (bicyclic) bond motifs is 1. The van der Waals surface area contributed by atoms with Gasteiger partial charge in [-0.15, -0.1) is 0 Å². The minimum absolute atomic E-state index is 0.0657. The summed E-state index contributed by atoms with van der Waals surface area (Å²) in [7, 11) is 0. The number of carbonyl (C=O) groups excluding carboxylic acids is 1. The van der Waals surface area contributed by atoms with Crippen molar-refractivity contribution in [2.75, 3.05) is 19.7 Å². The van der Waals surface area contributed by atoms with E-state index in [2.05, 4.69) is 6.07 Å². The van der Waals surface area contributed by atoms with Crippen molar-refractivity contribution in [3.8, 4) is 5.75 Å². The minimum Gasteiger partial charge on any atom is -0.493 e. The Morgan fingerprint density at radius 1 is 1.19 bits per heavy atom. The lowest BCUT2D eigenvalue weighted by molar-refractivity contribution is -0.127. The first-order chi connectivity index (χ1) is 13.2. The molecule has 0 radical (unpaired) electrons. The van der Waals surface area contributed by atoms with Crippen molar-refractivity contribution < 1.29 is 13.9 Å². The maximum absolute atomic E-state index is 13.3. The Balaban J connectivity index is 1.29. The lowest BCUT2D eigenvalue weighted by atomic mass is 9.90. The molecule has 1 amide bonds. The number of benzene rings is 2. The highest BCUT2D eigenvalue weighted by Gasteiger charge is 2.22. The van der Waals surface area contributed by atoms with E-state index < -0.39 is 0 Å². The zero-order valence-electron chi connectivity index (χ0n) is 15.4. The molecular formula is C23H24FNO2. The number of carbonyl (C=O) groups is 1. The third kappa shape index (κ3) is 4.38. The van der Waals surface area contributed by atoms with Crippen LogP contribution in [0.5, 0.6) is 5.75 Å². The average Bonchev–Trinajstić information content (AvgIpc) is 3.14. The van der Waals surface area contributed by atoms with Gasteiger partial charge in [-0.3, -0.25) is 4.79 Å². The van der Waals surface area contributed by atoms with Gasteiger partial charge >= 0.3 is 0 Å². The van der Waals surface area contributed by atoms with Crippen molar-refractivity contribution in [1.82, 2.24) is 4.90 Å². The van der Waals surface area contributed by atoms with Gasteiger partial charge in [0.2, 0.25) is 5.91 Å². The summed E-state index contributed by atoms with van der Waals surface area (Å²) in [4.78, 5) is 14.4. The van der Waals surface area contributed by atoms with Crippen LogP contribution in [-0.4, -0.2) is 30.5 Å². The molecule has 2 aromatic rings. The topological polar surface area (TPSA) is 29.5 Å². The number of hydrogen-bond acceptors (Lipinski definition) is 2. The van der Waals surface area contributed by atoms with E-state index in [1.165, 1.54) is 11.6 Å². The molecule has 4 rings (SSSR count). The van der Waals surface area contributed by atoms with Crippen molar-refractivity contribution >= 4 is 12.0 Å². The Kier molecular flexibility index (Phi) is 5.23. The van der Waals surface area contributed by atoms with Gasteiger partial charge in [0.05, 0.1) is 6.61 Å². The van der Waals surface area contributed by atoms with Crippen molar-refractivity contribution in [2.24, 2.45) is 5.92 Å². The highest BCUT2D eigenvalue weighted by atomic mass is 19.1. The van der Waals surface area contributed by atoms with Crippen LogP contribution in [0.3, 0.4) is 0 Å². The normalized spacial score (nSPS) is 17.1. The van der Waals surface area contributed by atoms with Crippen LogP contribution in [0.2, 0.25) is 0 Å². The molecule has 2 aromatic carbocycles. The molecule has 0 N–H and O–H groups in total. The molecule has 2 aliphatic rings. The van der Waals surface area contributed by atoms with Crippen LogP contribution in [0.1, 0.15) is 29.5 Å². The molecule has 1 saturated heterocycles. The monoisotopic (exact) mass is 365 g/mol. The van der Waals surface area contributed by atoms with Gasteiger partial charge in [-0.1, -0.05) is 18.2 Å². The Bertz CT molecular complexity index is 853. The maximum Gasteiger partial charge on any atom is 0.246 e. The second-order valence-electron chi connectivity index (χ2n) is 7.40. The number of likely N-dealkylation sites (tertiary alicyclic amines) is 1. The molecular weight excluding hydrogens is 341 g/mol. The molecule has 0 aliphatic carbocycles. The maximum atomic E-state index is 13.3. The van der Waals surface area contributed by atoms with Crippen molar-refractivity contribution in [1.29, 1.82) is 0 Å². The fourth-order valence-electron chi connectivity index (χ4n) is 3.94. The lowest BCUT2D eigenvalue weighted by Gasteiger charge is -2.31. The van der Waals surface area contributed by atoms with E-state index in [4.69, 9.17) is 4.74 Å². The Labute approximate surface area is 159 Å². The van der Waals surface area contributed by atoms with Crippen LogP contribution in [0.4, 0.5) is 4.39 Å². The van der Waals surface area contributed by atoms with E-state index in [1.54, 1.807) is 18.2 Å². The van der Waals surface area contributed by atoms with E-state index in [0.717, 1.165) is 62.3 Å². The molecule has 0 bridgehead atoms. The van der Waals surface area contributed by atoms with Crippen molar-refractivity contribution in [3.63, 3.8) is 0 Å². The van der Waals surface area contributed by atoms with Gasteiger partial charge < -0.3 is 9.64 Å². The van der Waals surface area contributed by atoms with Crippen LogP contribution < -0.4 is 4.74 Å². The molecule has 1 fully saturated rings. The number of ether oxygens (including phenoxy) is 1. The van der Waals surface area contributed by atoms with Crippen LogP contribution in [-0.2, 0) is 17.6 Å². The largest absolute Gasteiger partial charge is 0.493 e. The van der Waals surface area contributed by atoms with Gasteiger partial charge in [-0.25, -0.2) is 4.39 Å². The van der Waals surface area contributed by atoms with Gasteiger partial charge in [0.1, 0.15) is 11.6 Å². The van der Waals surface area contributed by atoms with Gasteiger partial charge in [0.15, 0.2) is 0 Å². The van der Waals surface area contributed by atoms with E-state index >= 15 is 0 Å². The van der Waals surface area contributed by atoms with Crippen molar-refractivity contribution in [3.05, 3.63) is 71.0 Å². The second kappa shape index (κ2) is 7.95. The zero-order valence-corrected chi connectivity index (χ0v) is 15.4. The molecule has 0 saturated carbocycles. The van der Waals surface area contributed by atoms with Gasteiger partial charge in [0.25, 0.3) is 0 Å². The smallest absolute Gasteiger partial charge is 0.246 e. The highest BCUT2D eigenvalue weighted by molar-refractivity contribution is 5.91. The summed E-state index contributed by atoms with van der Waals surface area (Å²) < 4.78 is 18.8.